The van der Waals surface area contributed by atoms with Gasteiger partial charge in [0.2, 0.25) is 5.91 Å². The number of piperazine rings is 1. The fraction of sp³-hybridized carbons (Fsp3) is 0.579. The molecular formula is C19H28ClN3O3. The molecule has 1 heterocycles. The first-order valence-corrected chi connectivity index (χ1v) is 9.43. The van der Waals surface area contributed by atoms with Gasteiger partial charge in [0.25, 0.3) is 0 Å². The molecule has 0 bridgehead atoms. The van der Waals surface area contributed by atoms with Gasteiger partial charge in [0.15, 0.2) is 0 Å². The number of rotatable bonds is 8. The van der Waals surface area contributed by atoms with Crippen LogP contribution in [0.15, 0.2) is 24.3 Å². The van der Waals surface area contributed by atoms with Crippen molar-refractivity contribution in [2.24, 2.45) is 0 Å². The molecule has 0 aromatic heterocycles. The summed E-state index contributed by atoms with van der Waals surface area (Å²) in [5, 5.41) is 3.66. The molecule has 7 heteroatoms. The highest BCUT2D eigenvalue weighted by atomic mass is 35.5. The Balaban J connectivity index is 1.69. The van der Waals surface area contributed by atoms with Crippen molar-refractivity contribution in [3.8, 4) is 0 Å². The van der Waals surface area contributed by atoms with Crippen molar-refractivity contribution >= 4 is 23.5 Å². The summed E-state index contributed by atoms with van der Waals surface area (Å²) in [7, 11) is 1.37. The number of methoxy groups -OCH3 is 1. The van der Waals surface area contributed by atoms with Crippen LogP contribution in [0.3, 0.4) is 0 Å². The number of hydrogen-bond acceptors (Lipinski definition) is 5. The molecule has 1 aliphatic rings. The molecule has 0 radical (unpaired) electrons. The minimum atomic E-state index is -0.247. The molecule has 0 aliphatic carbocycles. The first-order chi connectivity index (χ1) is 12.5. The quantitative estimate of drug-likeness (QED) is 0.552. The Hall–Kier alpha value is -1.63. The fourth-order valence-electron chi connectivity index (χ4n) is 3.14. The molecule has 1 unspecified atom stereocenters. The van der Waals surface area contributed by atoms with Crippen molar-refractivity contribution in [1.82, 2.24) is 15.1 Å². The van der Waals surface area contributed by atoms with Gasteiger partial charge in [-0.1, -0.05) is 29.8 Å². The number of nitrogens with zero attached hydrogens (tertiary/aromatic N) is 2. The third-order valence-electron chi connectivity index (χ3n) is 4.78. The highest BCUT2D eigenvalue weighted by Crippen LogP contribution is 2.27. The molecule has 144 valence electrons. The molecule has 1 aromatic rings. The van der Waals surface area contributed by atoms with Crippen LogP contribution in [0, 0.1) is 0 Å². The number of ether oxygens (including phenoxy) is 1. The maximum Gasteiger partial charge on any atom is 0.305 e. The van der Waals surface area contributed by atoms with Gasteiger partial charge >= 0.3 is 5.97 Å². The molecule has 1 aromatic carbocycles. The molecule has 1 saturated heterocycles. The Morgan fingerprint density at radius 2 is 1.92 bits per heavy atom. The number of carbonyl (C=O) groups is 2. The standard InChI is InChI=1S/C19H28ClN3O3/c1-15(16-6-3-4-7-17(16)20)23-12-10-22(11-13-23)14-18(24)21-9-5-8-19(25)26-2/h3-4,6-7,15H,5,8-14H2,1-2H3,(H,21,24). The zero-order valence-electron chi connectivity index (χ0n) is 15.5. The van der Waals surface area contributed by atoms with Gasteiger partial charge in [-0.05, 0) is 25.0 Å². The number of hydrogen-bond donors (Lipinski definition) is 1. The van der Waals surface area contributed by atoms with Crippen molar-refractivity contribution in [2.75, 3.05) is 46.4 Å². The lowest BCUT2D eigenvalue weighted by molar-refractivity contribution is -0.140. The topological polar surface area (TPSA) is 61.9 Å². The lowest BCUT2D eigenvalue weighted by Crippen LogP contribution is -2.50. The summed E-state index contributed by atoms with van der Waals surface area (Å²) < 4.78 is 4.57. The number of halogens is 1. The van der Waals surface area contributed by atoms with Crippen LogP contribution in [0.4, 0.5) is 0 Å². The fourth-order valence-corrected chi connectivity index (χ4v) is 3.43. The average Bonchev–Trinajstić information content (AvgIpc) is 2.65. The minimum Gasteiger partial charge on any atom is -0.469 e. The Morgan fingerprint density at radius 1 is 1.23 bits per heavy atom. The molecule has 1 atom stereocenters. The van der Waals surface area contributed by atoms with Crippen molar-refractivity contribution in [1.29, 1.82) is 0 Å². The summed E-state index contributed by atoms with van der Waals surface area (Å²) >= 11 is 6.31. The Labute approximate surface area is 160 Å². The third kappa shape index (κ3) is 6.27. The monoisotopic (exact) mass is 381 g/mol. The number of amides is 1. The van der Waals surface area contributed by atoms with E-state index in [0.717, 1.165) is 36.8 Å². The van der Waals surface area contributed by atoms with Gasteiger partial charge in [-0.2, -0.15) is 0 Å². The highest BCUT2D eigenvalue weighted by molar-refractivity contribution is 6.31. The third-order valence-corrected chi connectivity index (χ3v) is 5.13. The highest BCUT2D eigenvalue weighted by Gasteiger charge is 2.24. The van der Waals surface area contributed by atoms with Crippen LogP contribution in [0.1, 0.15) is 31.4 Å². The molecule has 2 rings (SSSR count). The number of carbonyl (C=O) groups excluding carboxylic acids is 2. The summed E-state index contributed by atoms with van der Waals surface area (Å²) in [6, 6.07) is 8.21. The SMILES string of the molecule is COC(=O)CCCNC(=O)CN1CCN(C(C)c2ccccc2Cl)CC1. The summed E-state index contributed by atoms with van der Waals surface area (Å²) in [5.41, 5.74) is 1.14. The minimum absolute atomic E-state index is 0.00229. The van der Waals surface area contributed by atoms with E-state index in [1.165, 1.54) is 7.11 Å². The van der Waals surface area contributed by atoms with Gasteiger partial charge in [0.05, 0.1) is 13.7 Å². The van der Waals surface area contributed by atoms with Crippen molar-refractivity contribution in [3.05, 3.63) is 34.9 Å². The molecule has 0 saturated carbocycles. The second kappa shape index (κ2) is 10.5. The van der Waals surface area contributed by atoms with Crippen molar-refractivity contribution in [3.63, 3.8) is 0 Å². The lowest BCUT2D eigenvalue weighted by Gasteiger charge is -2.38. The van der Waals surface area contributed by atoms with Crippen LogP contribution in [-0.2, 0) is 14.3 Å². The smallest absolute Gasteiger partial charge is 0.305 e. The Kier molecular flexibility index (Phi) is 8.35. The second-order valence-electron chi connectivity index (χ2n) is 6.54. The molecule has 0 spiro atoms. The lowest BCUT2D eigenvalue weighted by atomic mass is 10.1. The van der Waals surface area contributed by atoms with E-state index in [0.29, 0.717) is 25.9 Å². The zero-order chi connectivity index (χ0) is 18.9. The largest absolute Gasteiger partial charge is 0.469 e. The molecule has 6 nitrogen and oxygen atoms in total. The molecule has 1 N–H and O–H groups in total. The normalized spacial score (nSPS) is 16.9. The molecule has 1 fully saturated rings. The molecular weight excluding hydrogens is 354 g/mol. The van der Waals surface area contributed by atoms with Crippen LogP contribution in [0.25, 0.3) is 0 Å². The van der Waals surface area contributed by atoms with Crippen molar-refractivity contribution in [2.45, 2.75) is 25.8 Å². The van der Waals surface area contributed by atoms with E-state index >= 15 is 0 Å². The summed E-state index contributed by atoms with van der Waals surface area (Å²) in [6.45, 7) is 6.58. The van der Waals surface area contributed by atoms with E-state index in [1.807, 2.05) is 18.2 Å². The van der Waals surface area contributed by atoms with Crippen molar-refractivity contribution < 1.29 is 14.3 Å². The summed E-state index contributed by atoms with van der Waals surface area (Å²) in [6.07, 6.45) is 0.928. The van der Waals surface area contributed by atoms with Gasteiger partial charge in [-0.25, -0.2) is 0 Å². The summed E-state index contributed by atoms with van der Waals surface area (Å²) in [5.74, 6) is -0.245. The van der Waals surface area contributed by atoms with E-state index in [9.17, 15) is 9.59 Å². The number of esters is 1. The predicted molar refractivity (Wildman–Crippen MR) is 102 cm³/mol. The predicted octanol–water partition coefficient (Wildman–Crippen LogP) is 2.09. The second-order valence-corrected chi connectivity index (χ2v) is 6.95. The Morgan fingerprint density at radius 3 is 2.58 bits per heavy atom. The van der Waals surface area contributed by atoms with Crippen LogP contribution in [-0.4, -0.2) is 68.1 Å². The molecule has 1 aliphatic heterocycles. The van der Waals surface area contributed by atoms with Crippen LogP contribution in [0.5, 0.6) is 0 Å². The molecule has 26 heavy (non-hydrogen) atoms. The van der Waals surface area contributed by atoms with E-state index in [4.69, 9.17) is 11.6 Å². The van der Waals surface area contributed by atoms with Crippen LogP contribution >= 0.6 is 11.6 Å². The average molecular weight is 382 g/mol. The van der Waals surface area contributed by atoms with Gasteiger partial charge in [0.1, 0.15) is 0 Å². The maximum atomic E-state index is 12.0. The number of benzene rings is 1. The van der Waals surface area contributed by atoms with E-state index in [-0.39, 0.29) is 17.9 Å². The van der Waals surface area contributed by atoms with Crippen LogP contribution < -0.4 is 5.32 Å². The first kappa shape index (κ1) is 20.7. The van der Waals surface area contributed by atoms with Gasteiger partial charge in [0, 0.05) is 50.2 Å². The van der Waals surface area contributed by atoms with Gasteiger partial charge in [-0.3, -0.25) is 19.4 Å². The van der Waals surface area contributed by atoms with Gasteiger partial charge in [-0.15, -0.1) is 0 Å². The Bertz CT molecular complexity index is 603. The summed E-state index contributed by atoms with van der Waals surface area (Å²) in [4.78, 5) is 27.6. The first-order valence-electron chi connectivity index (χ1n) is 9.05. The van der Waals surface area contributed by atoms with E-state index < -0.39 is 0 Å². The maximum absolute atomic E-state index is 12.0. The van der Waals surface area contributed by atoms with E-state index in [1.54, 1.807) is 0 Å². The molecule has 1 amide bonds. The zero-order valence-corrected chi connectivity index (χ0v) is 16.3. The van der Waals surface area contributed by atoms with Crippen LogP contribution in [0.2, 0.25) is 5.02 Å². The van der Waals surface area contributed by atoms with E-state index in [2.05, 4.69) is 32.8 Å². The number of nitrogens with one attached hydrogen (secondary N) is 1. The van der Waals surface area contributed by atoms with Gasteiger partial charge < -0.3 is 10.1 Å².